The van der Waals surface area contributed by atoms with Crippen LogP contribution in [-0.2, 0) is 6.54 Å². The van der Waals surface area contributed by atoms with Crippen LogP contribution in [0.2, 0.25) is 0 Å². The summed E-state index contributed by atoms with van der Waals surface area (Å²) >= 11 is 0. The van der Waals surface area contributed by atoms with Gasteiger partial charge in [-0.3, -0.25) is 14.5 Å². The number of pyridine rings is 1. The number of rotatable bonds is 9. The van der Waals surface area contributed by atoms with Gasteiger partial charge in [0.1, 0.15) is 5.82 Å². The van der Waals surface area contributed by atoms with Crippen LogP contribution >= 0.6 is 0 Å². The molecular weight excluding hydrogens is 478 g/mol. The summed E-state index contributed by atoms with van der Waals surface area (Å²) in [6.07, 6.45) is 11.7. The Morgan fingerprint density at radius 3 is 2.78 bits per heavy atom. The van der Waals surface area contributed by atoms with Crippen LogP contribution in [0.3, 0.4) is 0 Å². The first-order valence-corrected chi connectivity index (χ1v) is 12.7. The van der Waals surface area contributed by atoms with Crippen molar-refractivity contribution in [2.75, 3.05) is 25.1 Å². The topological polar surface area (TPSA) is 84.6 Å². The third-order valence-electron chi connectivity index (χ3n) is 7.47. The summed E-state index contributed by atoms with van der Waals surface area (Å²) in [7, 11) is 1.53. The minimum absolute atomic E-state index is 0.124. The van der Waals surface area contributed by atoms with Crippen molar-refractivity contribution in [2.45, 2.75) is 51.6 Å². The number of hydrogen-bond acceptors (Lipinski definition) is 6. The number of allylic oxidation sites excluding steroid dienone is 3. The maximum absolute atomic E-state index is 13.5. The first-order valence-electron chi connectivity index (χ1n) is 12.7. The van der Waals surface area contributed by atoms with E-state index in [1.165, 1.54) is 12.7 Å². The number of ether oxygens (including phenoxy) is 1. The number of amides is 1. The molecule has 3 heterocycles. The number of carbonyl (C=O) groups is 1. The third-order valence-corrected chi connectivity index (χ3v) is 7.47. The molecule has 1 amide bonds. The molecule has 2 fully saturated rings. The van der Waals surface area contributed by atoms with Gasteiger partial charge in [0, 0.05) is 31.1 Å². The fourth-order valence-corrected chi connectivity index (χ4v) is 5.37. The lowest BCUT2D eigenvalue weighted by Crippen LogP contribution is -2.34. The van der Waals surface area contributed by atoms with Crippen LogP contribution in [0.5, 0.6) is 5.88 Å². The number of nitrogens with zero attached hydrogens (tertiary/aromatic N) is 5. The van der Waals surface area contributed by atoms with Crippen LogP contribution < -0.4 is 15.0 Å². The van der Waals surface area contributed by atoms with Gasteiger partial charge in [-0.05, 0) is 50.8 Å². The molecule has 37 heavy (non-hydrogen) atoms. The standard InChI is InChI=1S/C27H32F2N6O2/c1-4-6-7-17-8-10-22(24(17)30-5-2)32-25(36)19-12-31-35(14-19)13-18-9-11-23(33-26(18)37-3)34-15-20-21(16-34)27(20,28)29/h4-6,9,11-12,14,20-22H,7-8,10,13,15-16H2,1-3H3,(H,32,36)/b6-4+,30-5-/t20?,21?,22-/m1/s1. The molecule has 3 atom stereocenters. The van der Waals surface area contributed by atoms with Crippen molar-refractivity contribution >= 4 is 17.9 Å². The lowest BCUT2D eigenvalue weighted by Gasteiger charge is -2.22. The monoisotopic (exact) mass is 510 g/mol. The van der Waals surface area contributed by atoms with Crippen LogP contribution in [0.15, 0.2) is 52.9 Å². The predicted octanol–water partition coefficient (Wildman–Crippen LogP) is 4.24. The average molecular weight is 511 g/mol. The Hall–Kier alpha value is -3.56. The van der Waals surface area contributed by atoms with Crippen LogP contribution in [0.4, 0.5) is 14.6 Å². The van der Waals surface area contributed by atoms with E-state index in [0.29, 0.717) is 36.9 Å². The fraction of sp³-hybridized carbons (Fsp3) is 0.481. The number of aromatic nitrogens is 3. The lowest BCUT2D eigenvalue weighted by atomic mass is 10.1. The van der Waals surface area contributed by atoms with Gasteiger partial charge in [-0.2, -0.15) is 10.1 Å². The Bertz CT molecular complexity index is 1250. The highest BCUT2D eigenvalue weighted by Crippen LogP contribution is 2.59. The number of fused-ring (bicyclic) bond motifs is 1. The van der Waals surface area contributed by atoms with E-state index in [1.54, 1.807) is 23.3 Å². The van der Waals surface area contributed by atoms with E-state index in [0.717, 1.165) is 30.5 Å². The highest BCUT2D eigenvalue weighted by Gasteiger charge is 2.71. The van der Waals surface area contributed by atoms with E-state index >= 15 is 0 Å². The van der Waals surface area contributed by atoms with Gasteiger partial charge < -0.3 is 15.0 Å². The maximum Gasteiger partial charge on any atom is 0.258 e. The van der Waals surface area contributed by atoms with Gasteiger partial charge in [-0.1, -0.05) is 12.2 Å². The predicted molar refractivity (Wildman–Crippen MR) is 137 cm³/mol. The third kappa shape index (κ3) is 4.89. The molecule has 2 aromatic heterocycles. The van der Waals surface area contributed by atoms with Gasteiger partial charge in [0.25, 0.3) is 11.8 Å². The summed E-state index contributed by atoms with van der Waals surface area (Å²) < 4.78 is 34.2. The Morgan fingerprint density at radius 1 is 1.30 bits per heavy atom. The molecule has 8 nitrogen and oxygen atoms in total. The molecule has 0 aromatic carbocycles. The van der Waals surface area contributed by atoms with Gasteiger partial charge in [-0.25, -0.2) is 8.78 Å². The summed E-state index contributed by atoms with van der Waals surface area (Å²) in [6, 6.07) is 3.57. The van der Waals surface area contributed by atoms with Gasteiger partial charge >= 0.3 is 0 Å². The van der Waals surface area contributed by atoms with Crippen molar-refractivity contribution in [1.29, 1.82) is 0 Å². The van der Waals surface area contributed by atoms with Crippen molar-refractivity contribution in [3.05, 3.63) is 59.1 Å². The zero-order valence-electron chi connectivity index (χ0n) is 21.3. The van der Waals surface area contributed by atoms with Gasteiger partial charge in [0.2, 0.25) is 5.88 Å². The molecule has 0 radical (unpaired) electrons. The van der Waals surface area contributed by atoms with Crippen molar-refractivity contribution in [1.82, 2.24) is 20.1 Å². The molecular formula is C27H32F2N6O2. The molecule has 1 aliphatic heterocycles. The molecule has 1 saturated carbocycles. The molecule has 10 heteroatoms. The molecule has 2 aromatic rings. The highest BCUT2D eigenvalue weighted by molar-refractivity contribution is 5.94. The van der Waals surface area contributed by atoms with Crippen molar-refractivity contribution in [2.24, 2.45) is 16.8 Å². The van der Waals surface area contributed by atoms with Crippen molar-refractivity contribution < 1.29 is 18.3 Å². The minimum Gasteiger partial charge on any atom is -0.481 e. The van der Waals surface area contributed by atoms with Crippen LogP contribution in [0, 0.1) is 11.8 Å². The number of carbonyl (C=O) groups excluding carboxylic acids is 1. The summed E-state index contributed by atoms with van der Waals surface area (Å²) in [5, 5.41) is 7.46. The van der Waals surface area contributed by atoms with Gasteiger partial charge in [-0.15, -0.1) is 0 Å². The normalized spacial score (nSPS) is 24.4. The first-order chi connectivity index (χ1) is 17.8. The molecule has 0 bridgehead atoms. The molecule has 2 unspecified atom stereocenters. The average Bonchev–Trinajstić information content (AvgIpc) is 3.44. The summed E-state index contributed by atoms with van der Waals surface area (Å²) in [6.45, 7) is 4.85. The summed E-state index contributed by atoms with van der Waals surface area (Å²) in [4.78, 5) is 24.0. The number of aliphatic imine (C=N–C) groups is 1. The number of anilines is 1. The minimum atomic E-state index is -2.53. The number of alkyl halides is 2. The number of methoxy groups -OCH3 is 1. The quantitative estimate of drug-likeness (QED) is 0.403. The van der Waals surface area contributed by atoms with Crippen LogP contribution in [0.1, 0.15) is 49.0 Å². The molecule has 196 valence electrons. The second-order valence-electron chi connectivity index (χ2n) is 9.77. The summed E-state index contributed by atoms with van der Waals surface area (Å²) in [5.74, 6) is -2.82. The van der Waals surface area contributed by atoms with E-state index in [4.69, 9.17) is 4.74 Å². The molecule has 2 aliphatic carbocycles. The van der Waals surface area contributed by atoms with Crippen LogP contribution in [0.25, 0.3) is 0 Å². The van der Waals surface area contributed by atoms with E-state index in [-0.39, 0.29) is 11.9 Å². The van der Waals surface area contributed by atoms with E-state index in [2.05, 4.69) is 26.5 Å². The number of hydrogen-bond donors (Lipinski definition) is 1. The Labute approximate surface area is 215 Å². The number of piperidine rings is 1. The van der Waals surface area contributed by atoms with Gasteiger partial charge in [0.15, 0.2) is 0 Å². The fourth-order valence-electron chi connectivity index (χ4n) is 5.37. The highest BCUT2D eigenvalue weighted by atomic mass is 19.3. The zero-order valence-corrected chi connectivity index (χ0v) is 21.3. The summed E-state index contributed by atoms with van der Waals surface area (Å²) in [5.41, 5.74) is 3.43. The van der Waals surface area contributed by atoms with Crippen molar-refractivity contribution in [3.8, 4) is 5.88 Å². The molecule has 1 saturated heterocycles. The van der Waals surface area contributed by atoms with Gasteiger partial charge in [0.05, 0.1) is 49.0 Å². The Morgan fingerprint density at radius 2 is 2.08 bits per heavy atom. The SMILES string of the molecule is C/C=N\C1=C(C/C=C/C)CC[C@H]1NC(=O)c1cnn(Cc2ccc(N3CC4C(C3)C4(F)F)nc2OC)c1. The molecule has 3 aliphatic rings. The second-order valence-corrected chi connectivity index (χ2v) is 9.77. The number of halogens is 2. The Kier molecular flexibility index (Phi) is 6.83. The van der Waals surface area contributed by atoms with E-state index in [1.807, 2.05) is 37.0 Å². The maximum atomic E-state index is 13.5. The van der Waals surface area contributed by atoms with Crippen LogP contribution in [-0.4, -0.2) is 59.0 Å². The number of nitrogens with one attached hydrogen (secondary N) is 1. The van der Waals surface area contributed by atoms with Crippen molar-refractivity contribution in [3.63, 3.8) is 0 Å². The molecule has 0 spiro atoms. The zero-order chi connectivity index (χ0) is 26.2. The second kappa shape index (κ2) is 10.1. The smallest absolute Gasteiger partial charge is 0.258 e. The lowest BCUT2D eigenvalue weighted by molar-refractivity contribution is 0.0796. The molecule has 1 N–H and O–H groups in total. The molecule has 5 rings (SSSR count). The van der Waals surface area contributed by atoms with E-state index in [9.17, 15) is 13.6 Å². The Balaban J connectivity index is 1.23. The first kappa shape index (κ1) is 25.1. The largest absolute Gasteiger partial charge is 0.481 e. The van der Waals surface area contributed by atoms with E-state index < -0.39 is 17.8 Å².